The molecular weight excluding hydrogens is 241 g/mol. The first-order valence-corrected chi connectivity index (χ1v) is 7.44. The van der Waals surface area contributed by atoms with Crippen LogP contribution in [0.4, 0.5) is 4.39 Å². The predicted molar refractivity (Wildman–Crippen MR) is 67.8 cm³/mol. The molecule has 1 aliphatic rings. The molecule has 0 amide bonds. The molecule has 17 heavy (non-hydrogen) atoms. The Bertz CT molecular complexity index is 418. The molecule has 100 valence electrons. The quantitative estimate of drug-likeness (QED) is 0.768. The van der Waals surface area contributed by atoms with E-state index in [0.717, 1.165) is 5.57 Å². The van der Waals surface area contributed by atoms with Gasteiger partial charge in [-0.15, -0.1) is 0 Å². The third-order valence-corrected chi connectivity index (χ3v) is 5.34. The second kappa shape index (κ2) is 4.69. The molecule has 0 unspecified atom stereocenters. The van der Waals surface area contributed by atoms with E-state index in [9.17, 15) is 12.8 Å². The number of hydrogen-bond acceptors (Lipinski definition) is 2. The Morgan fingerprint density at radius 3 is 2.18 bits per heavy atom. The number of sulfonamides is 1. The minimum Gasteiger partial charge on any atom is -0.212 e. The number of hydrogen-bond donors (Lipinski definition) is 0. The highest BCUT2D eigenvalue weighted by molar-refractivity contribution is 7.89. The van der Waals surface area contributed by atoms with Gasteiger partial charge in [-0.05, 0) is 31.3 Å². The summed E-state index contributed by atoms with van der Waals surface area (Å²) >= 11 is 0. The van der Waals surface area contributed by atoms with Crippen molar-refractivity contribution in [3.63, 3.8) is 0 Å². The fourth-order valence-corrected chi connectivity index (χ4v) is 3.23. The smallest absolute Gasteiger partial charge is 0.212 e. The summed E-state index contributed by atoms with van der Waals surface area (Å²) in [5, 5.41) is -0.494. The van der Waals surface area contributed by atoms with E-state index in [2.05, 4.69) is 0 Å². The fourth-order valence-electron chi connectivity index (χ4n) is 2.00. The van der Waals surface area contributed by atoms with E-state index in [-0.39, 0.29) is 17.8 Å². The molecule has 0 aliphatic carbocycles. The van der Waals surface area contributed by atoms with Gasteiger partial charge in [0, 0.05) is 6.54 Å². The monoisotopic (exact) mass is 263 g/mol. The largest absolute Gasteiger partial charge is 0.216 e. The topological polar surface area (TPSA) is 37.4 Å². The SMILES string of the molecule is CC(C)S(=O)(=O)N1CCC(C(C)(C)C)=C(F)C1. The Hall–Kier alpha value is -0.420. The van der Waals surface area contributed by atoms with Gasteiger partial charge in [-0.3, -0.25) is 0 Å². The molecule has 0 atom stereocenters. The second-order valence-corrected chi connectivity index (χ2v) is 8.30. The van der Waals surface area contributed by atoms with Crippen molar-refractivity contribution in [1.82, 2.24) is 4.31 Å². The molecule has 0 fully saturated rings. The molecule has 3 nitrogen and oxygen atoms in total. The third kappa shape index (κ3) is 3.07. The Kier molecular flexibility index (Phi) is 4.04. The van der Waals surface area contributed by atoms with Crippen molar-refractivity contribution in [3.05, 3.63) is 11.4 Å². The molecule has 1 heterocycles. The van der Waals surface area contributed by atoms with Crippen LogP contribution in [0.1, 0.15) is 41.0 Å². The number of nitrogens with zero attached hydrogens (tertiary/aromatic N) is 1. The van der Waals surface area contributed by atoms with E-state index in [1.54, 1.807) is 13.8 Å². The van der Waals surface area contributed by atoms with Crippen molar-refractivity contribution in [2.24, 2.45) is 5.41 Å². The third-order valence-electron chi connectivity index (χ3n) is 3.11. The maximum Gasteiger partial charge on any atom is 0.216 e. The summed E-state index contributed by atoms with van der Waals surface area (Å²) < 4.78 is 39.1. The summed E-state index contributed by atoms with van der Waals surface area (Å²) in [5.74, 6) is -0.284. The second-order valence-electron chi connectivity index (χ2n) is 5.81. The van der Waals surface area contributed by atoms with Crippen LogP contribution in [0.15, 0.2) is 11.4 Å². The van der Waals surface area contributed by atoms with Gasteiger partial charge in [0.25, 0.3) is 0 Å². The van der Waals surface area contributed by atoms with Gasteiger partial charge in [0.1, 0.15) is 5.83 Å². The summed E-state index contributed by atoms with van der Waals surface area (Å²) in [6.45, 7) is 9.39. The Morgan fingerprint density at radius 2 is 1.82 bits per heavy atom. The molecule has 0 saturated heterocycles. The van der Waals surface area contributed by atoms with Crippen molar-refractivity contribution >= 4 is 10.0 Å². The highest BCUT2D eigenvalue weighted by Crippen LogP contribution is 2.35. The van der Waals surface area contributed by atoms with Gasteiger partial charge in [0.2, 0.25) is 10.0 Å². The van der Waals surface area contributed by atoms with Crippen LogP contribution in [0.5, 0.6) is 0 Å². The average Bonchev–Trinajstić information content (AvgIpc) is 2.15. The molecule has 5 heteroatoms. The molecule has 0 aromatic carbocycles. The minimum absolute atomic E-state index is 0.104. The highest BCUT2D eigenvalue weighted by atomic mass is 32.2. The molecule has 0 aromatic rings. The van der Waals surface area contributed by atoms with Crippen LogP contribution in [-0.2, 0) is 10.0 Å². The molecule has 0 saturated carbocycles. The van der Waals surface area contributed by atoms with Crippen LogP contribution < -0.4 is 0 Å². The first-order chi connectivity index (χ1) is 7.56. The normalized spacial score (nSPS) is 20.2. The Labute approximate surface area is 104 Å². The molecule has 0 radical (unpaired) electrons. The zero-order chi connectivity index (χ0) is 13.4. The molecular formula is C12H22FNO2S. The lowest BCUT2D eigenvalue weighted by Crippen LogP contribution is -2.41. The van der Waals surface area contributed by atoms with Crippen LogP contribution in [-0.4, -0.2) is 31.1 Å². The molecule has 1 rings (SSSR count). The minimum atomic E-state index is -3.34. The Balaban J connectivity index is 2.96. The van der Waals surface area contributed by atoms with Crippen LogP contribution in [0.25, 0.3) is 0 Å². The van der Waals surface area contributed by atoms with E-state index >= 15 is 0 Å². The van der Waals surface area contributed by atoms with Crippen LogP contribution in [0, 0.1) is 5.41 Å². The Morgan fingerprint density at radius 1 is 1.29 bits per heavy atom. The van der Waals surface area contributed by atoms with E-state index in [0.29, 0.717) is 13.0 Å². The molecule has 0 aromatic heterocycles. The summed E-state index contributed by atoms with van der Waals surface area (Å²) in [6.07, 6.45) is 0.487. The molecule has 0 spiro atoms. The summed E-state index contributed by atoms with van der Waals surface area (Å²) in [7, 11) is -3.34. The number of rotatable bonds is 2. The predicted octanol–water partition coefficient (Wildman–Crippen LogP) is 2.70. The van der Waals surface area contributed by atoms with E-state index in [4.69, 9.17) is 0 Å². The van der Waals surface area contributed by atoms with Gasteiger partial charge in [-0.1, -0.05) is 20.8 Å². The summed E-state index contributed by atoms with van der Waals surface area (Å²) in [5.41, 5.74) is 0.519. The van der Waals surface area contributed by atoms with Gasteiger partial charge in [-0.25, -0.2) is 12.8 Å². The van der Waals surface area contributed by atoms with Crippen LogP contribution >= 0.6 is 0 Å². The zero-order valence-electron chi connectivity index (χ0n) is 11.2. The highest BCUT2D eigenvalue weighted by Gasteiger charge is 2.33. The first-order valence-electron chi connectivity index (χ1n) is 5.93. The van der Waals surface area contributed by atoms with Gasteiger partial charge < -0.3 is 0 Å². The number of halogens is 1. The lowest BCUT2D eigenvalue weighted by Gasteiger charge is -2.33. The van der Waals surface area contributed by atoms with Crippen molar-refractivity contribution in [2.75, 3.05) is 13.1 Å². The lowest BCUT2D eigenvalue weighted by molar-refractivity contribution is 0.336. The van der Waals surface area contributed by atoms with Crippen molar-refractivity contribution < 1.29 is 12.8 Å². The first kappa shape index (κ1) is 14.6. The average molecular weight is 263 g/mol. The van der Waals surface area contributed by atoms with E-state index in [1.807, 2.05) is 20.8 Å². The van der Waals surface area contributed by atoms with E-state index < -0.39 is 15.3 Å². The van der Waals surface area contributed by atoms with Crippen LogP contribution in [0.2, 0.25) is 0 Å². The van der Waals surface area contributed by atoms with Gasteiger partial charge in [0.05, 0.1) is 11.8 Å². The van der Waals surface area contributed by atoms with Crippen molar-refractivity contribution in [3.8, 4) is 0 Å². The maximum absolute atomic E-state index is 14.0. The summed E-state index contributed by atoms with van der Waals surface area (Å²) in [6, 6.07) is 0. The standard InChI is InChI=1S/C12H22FNO2S/c1-9(2)17(15,16)14-7-6-10(11(13)8-14)12(3,4)5/h9H,6-8H2,1-5H3. The zero-order valence-corrected chi connectivity index (χ0v) is 12.1. The molecule has 0 bridgehead atoms. The molecule has 0 N–H and O–H groups in total. The summed E-state index contributed by atoms with van der Waals surface area (Å²) in [4.78, 5) is 0. The van der Waals surface area contributed by atoms with E-state index in [1.165, 1.54) is 4.31 Å². The van der Waals surface area contributed by atoms with Crippen molar-refractivity contribution in [2.45, 2.75) is 46.3 Å². The van der Waals surface area contributed by atoms with Gasteiger partial charge in [-0.2, -0.15) is 4.31 Å². The maximum atomic E-state index is 14.0. The van der Waals surface area contributed by atoms with Gasteiger partial charge >= 0.3 is 0 Å². The van der Waals surface area contributed by atoms with Crippen molar-refractivity contribution in [1.29, 1.82) is 0 Å². The van der Waals surface area contributed by atoms with Gasteiger partial charge in [0.15, 0.2) is 0 Å². The van der Waals surface area contributed by atoms with Crippen LogP contribution in [0.3, 0.4) is 0 Å². The lowest BCUT2D eigenvalue weighted by atomic mass is 9.83. The molecule has 1 aliphatic heterocycles. The fraction of sp³-hybridized carbons (Fsp3) is 0.833.